The molecule has 7 heteroatoms. The maximum absolute atomic E-state index is 12.2. The first kappa shape index (κ1) is 29.0. The Morgan fingerprint density at radius 2 is 1.56 bits per heavy atom. The lowest BCUT2D eigenvalue weighted by atomic mass is 9.78. The molecule has 0 spiro atoms. The standard InChI is InChI=1S/C32H39ClO6/c1-8-21(38-30(34)18(3)4)16-36-28-23-11-10-12-24(33)26(23)29(25-20-13-14-32(7,15-20)27(25)28)37-17-22(9-2)39-31(35)19(5)6/h10-12,20-22H,3,5,8-9,13-17H2,1-2,4,6-7H3. The van der Waals surface area contributed by atoms with Crippen LogP contribution in [-0.2, 0) is 24.5 Å². The van der Waals surface area contributed by atoms with Crippen molar-refractivity contribution < 1.29 is 28.5 Å². The summed E-state index contributed by atoms with van der Waals surface area (Å²) in [7, 11) is 0. The zero-order chi connectivity index (χ0) is 28.5. The van der Waals surface area contributed by atoms with E-state index in [1.165, 1.54) is 0 Å². The first-order valence-electron chi connectivity index (χ1n) is 13.8. The number of esters is 2. The molecule has 2 aliphatic carbocycles. The number of hydrogen-bond donors (Lipinski definition) is 0. The van der Waals surface area contributed by atoms with Crippen LogP contribution in [0.25, 0.3) is 10.8 Å². The van der Waals surface area contributed by atoms with Crippen LogP contribution in [0.2, 0.25) is 5.02 Å². The summed E-state index contributed by atoms with van der Waals surface area (Å²) in [6.07, 6.45) is 3.52. The lowest BCUT2D eigenvalue weighted by molar-refractivity contribution is -0.146. The fourth-order valence-electron chi connectivity index (χ4n) is 5.78. The Morgan fingerprint density at radius 1 is 1.00 bits per heavy atom. The zero-order valence-electron chi connectivity index (χ0n) is 23.7. The predicted molar refractivity (Wildman–Crippen MR) is 154 cm³/mol. The molecule has 4 rings (SSSR count). The number of halogens is 1. The van der Waals surface area contributed by atoms with Gasteiger partial charge in [-0.1, -0.05) is 57.7 Å². The molecule has 0 aromatic heterocycles. The first-order valence-corrected chi connectivity index (χ1v) is 14.2. The van der Waals surface area contributed by atoms with E-state index < -0.39 is 24.1 Å². The number of carbonyl (C=O) groups is 2. The highest BCUT2D eigenvalue weighted by Crippen LogP contribution is 2.64. The number of fused-ring (bicyclic) bond motifs is 6. The van der Waals surface area contributed by atoms with E-state index in [9.17, 15) is 9.59 Å². The van der Waals surface area contributed by atoms with Gasteiger partial charge in [0.25, 0.3) is 0 Å². The molecular weight excluding hydrogens is 516 g/mol. The van der Waals surface area contributed by atoms with Gasteiger partial charge in [0.15, 0.2) is 0 Å². The second-order valence-corrected chi connectivity index (χ2v) is 11.6. The second-order valence-electron chi connectivity index (χ2n) is 11.2. The van der Waals surface area contributed by atoms with Crippen molar-refractivity contribution in [2.75, 3.05) is 13.2 Å². The van der Waals surface area contributed by atoms with Crippen molar-refractivity contribution in [3.05, 3.63) is 58.7 Å². The Kier molecular flexibility index (Phi) is 8.65. The molecule has 0 N–H and O–H groups in total. The molecule has 39 heavy (non-hydrogen) atoms. The van der Waals surface area contributed by atoms with Gasteiger partial charge in [-0.05, 0) is 63.4 Å². The monoisotopic (exact) mass is 554 g/mol. The Balaban J connectivity index is 1.76. The van der Waals surface area contributed by atoms with E-state index in [0.717, 1.165) is 52.7 Å². The van der Waals surface area contributed by atoms with Gasteiger partial charge in [-0.15, -0.1) is 0 Å². The average Bonchev–Trinajstić information content (AvgIpc) is 3.43. The highest BCUT2D eigenvalue weighted by molar-refractivity contribution is 6.36. The molecule has 4 unspecified atom stereocenters. The normalized spacial score (nSPS) is 20.7. The minimum absolute atomic E-state index is 0.0589. The number of benzene rings is 2. The lowest BCUT2D eigenvalue weighted by Crippen LogP contribution is -2.27. The van der Waals surface area contributed by atoms with Gasteiger partial charge < -0.3 is 18.9 Å². The summed E-state index contributed by atoms with van der Waals surface area (Å²) in [5, 5.41) is 2.21. The van der Waals surface area contributed by atoms with Crippen molar-refractivity contribution in [2.45, 2.75) is 90.3 Å². The van der Waals surface area contributed by atoms with Gasteiger partial charge in [0.05, 0.1) is 5.02 Å². The van der Waals surface area contributed by atoms with E-state index in [1.54, 1.807) is 13.8 Å². The SMILES string of the molecule is C=C(C)C(=O)OC(CC)COc1c2c(c(OCC(CC)OC(=O)C(=C)C)c3c(Cl)cccc13)C1CCC2(C)C1. The topological polar surface area (TPSA) is 71.1 Å². The third-order valence-electron chi connectivity index (χ3n) is 7.96. The molecule has 0 amide bonds. The van der Waals surface area contributed by atoms with E-state index >= 15 is 0 Å². The summed E-state index contributed by atoms with van der Waals surface area (Å²) in [5.74, 6) is 1.01. The molecule has 0 heterocycles. The van der Waals surface area contributed by atoms with Gasteiger partial charge >= 0.3 is 11.9 Å². The molecule has 0 aliphatic heterocycles. The van der Waals surface area contributed by atoms with Crippen LogP contribution in [-0.4, -0.2) is 37.4 Å². The molecule has 4 atom stereocenters. The van der Waals surface area contributed by atoms with Crippen LogP contribution in [0.15, 0.2) is 42.5 Å². The smallest absolute Gasteiger partial charge is 0.333 e. The summed E-state index contributed by atoms with van der Waals surface area (Å²) in [4.78, 5) is 24.3. The van der Waals surface area contributed by atoms with Crippen LogP contribution in [0.4, 0.5) is 0 Å². The summed E-state index contributed by atoms with van der Waals surface area (Å²) in [5.41, 5.74) is 2.94. The van der Waals surface area contributed by atoms with E-state index in [2.05, 4.69) is 20.1 Å². The van der Waals surface area contributed by atoms with E-state index in [0.29, 0.717) is 34.9 Å². The number of ether oxygens (including phenoxy) is 4. The number of hydrogen-bond acceptors (Lipinski definition) is 6. The minimum atomic E-state index is -0.424. The molecule has 0 saturated heterocycles. The van der Waals surface area contributed by atoms with Crippen LogP contribution in [0.3, 0.4) is 0 Å². The minimum Gasteiger partial charge on any atom is -0.489 e. The van der Waals surface area contributed by atoms with Crippen LogP contribution in [0.5, 0.6) is 11.5 Å². The maximum Gasteiger partial charge on any atom is 0.333 e. The average molecular weight is 555 g/mol. The summed E-state index contributed by atoms with van der Waals surface area (Å²) in [6.45, 7) is 17.3. The molecule has 1 fully saturated rings. The summed E-state index contributed by atoms with van der Waals surface area (Å²) >= 11 is 6.83. The predicted octanol–water partition coefficient (Wildman–Crippen LogP) is 7.59. The molecular formula is C32H39ClO6. The van der Waals surface area contributed by atoms with Crippen molar-refractivity contribution in [1.29, 1.82) is 0 Å². The van der Waals surface area contributed by atoms with Crippen LogP contribution in [0.1, 0.15) is 83.8 Å². The second kappa shape index (κ2) is 11.6. The largest absolute Gasteiger partial charge is 0.489 e. The van der Waals surface area contributed by atoms with Crippen molar-refractivity contribution in [3.8, 4) is 11.5 Å². The highest BCUT2D eigenvalue weighted by atomic mass is 35.5. The Labute approximate surface area is 236 Å². The summed E-state index contributed by atoms with van der Waals surface area (Å²) in [6, 6.07) is 5.76. The van der Waals surface area contributed by atoms with Crippen LogP contribution < -0.4 is 9.47 Å². The van der Waals surface area contributed by atoms with Crippen molar-refractivity contribution >= 4 is 34.3 Å². The molecule has 6 nitrogen and oxygen atoms in total. The third kappa shape index (κ3) is 5.67. The fraction of sp³-hybridized carbons (Fsp3) is 0.500. The van der Waals surface area contributed by atoms with Gasteiger partial charge in [0.1, 0.15) is 36.9 Å². The van der Waals surface area contributed by atoms with Gasteiger partial charge in [-0.3, -0.25) is 0 Å². The van der Waals surface area contributed by atoms with Crippen LogP contribution in [0, 0.1) is 0 Å². The van der Waals surface area contributed by atoms with E-state index in [-0.39, 0.29) is 18.6 Å². The number of carbonyl (C=O) groups excluding carboxylic acids is 2. The van der Waals surface area contributed by atoms with Gasteiger partial charge in [-0.25, -0.2) is 9.59 Å². The Hall–Kier alpha value is -2.99. The quantitative estimate of drug-likeness (QED) is 0.199. The molecule has 2 bridgehead atoms. The Morgan fingerprint density at radius 3 is 2.10 bits per heavy atom. The van der Waals surface area contributed by atoms with Crippen LogP contribution >= 0.6 is 11.6 Å². The fourth-order valence-corrected chi connectivity index (χ4v) is 6.04. The molecule has 210 valence electrons. The van der Waals surface area contributed by atoms with E-state index in [4.69, 9.17) is 30.5 Å². The zero-order valence-corrected chi connectivity index (χ0v) is 24.4. The Bertz CT molecular complexity index is 1310. The molecule has 2 aromatic rings. The molecule has 2 aromatic carbocycles. The van der Waals surface area contributed by atoms with Crippen molar-refractivity contribution in [1.82, 2.24) is 0 Å². The van der Waals surface area contributed by atoms with E-state index in [1.807, 2.05) is 32.0 Å². The lowest BCUT2D eigenvalue weighted by Gasteiger charge is -2.31. The van der Waals surface area contributed by atoms with Gasteiger partial charge in [0, 0.05) is 33.0 Å². The van der Waals surface area contributed by atoms with Crippen molar-refractivity contribution in [2.24, 2.45) is 0 Å². The molecule has 1 saturated carbocycles. The number of rotatable bonds is 12. The molecule has 0 radical (unpaired) electrons. The van der Waals surface area contributed by atoms with Crippen molar-refractivity contribution in [3.63, 3.8) is 0 Å². The maximum atomic E-state index is 12.2. The molecule has 2 aliphatic rings. The van der Waals surface area contributed by atoms with Gasteiger partial charge in [-0.2, -0.15) is 0 Å². The highest BCUT2D eigenvalue weighted by Gasteiger charge is 2.50. The summed E-state index contributed by atoms with van der Waals surface area (Å²) < 4.78 is 24.3. The third-order valence-corrected chi connectivity index (χ3v) is 8.28. The first-order chi connectivity index (χ1) is 18.5. The van der Waals surface area contributed by atoms with Gasteiger partial charge in [0.2, 0.25) is 0 Å².